The number of hydrogen-bond donors (Lipinski definition) is 1. The number of methoxy groups -OCH3 is 1. The molecule has 1 N–H and O–H groups in total. The molecule has 1 aromatic heterocycles. The lowest BCUT2D eigenvalue weighted by Crippen LogP contribution is -2.31. The normalized spacial score (nSPS) is 13.0. The van der Waals surface area contributed by atoms with E-state index < -0.39 is 18.0 Å². The molecule has 0 aliphatic heterocycles. The van der Waals surface area contributed by atoms with Gasteiger partial charge in [-0.3, -0.25) is 14.3 Å². The first-order valence-corrected chi connectivity index (χ1v) is 9.80. The highest BCUT2D eigenvalue weighted by molar-refractivity contribution is 5.96. The van der Waals surface area contributed by atoms with Gasteiger partial charge in [-0.1, -0.05) is 24.3 Å². The summed E-state index contributed by atoms with van der Waals surface area (Å²) in [7, 11) is 3.44. The van der Waals surface area contributed by atoms with Gasteiger partial charge in [0.2, 0.25) is 0 Å². The Balaban J connectivity index is 1.68. The number of hydrogen-bond acceptors (Lipinski definition) is 5. The molecule has 30 heavy (non-hydrogen) atoms. The fraction of sp³-hybridized carbons (Fsp3) is 0.348. The van der Waals surface area contributed by atoms with Gasteiger partial charge >= 0.3 is 5.97 Å². The summed E-state index contributed by atoms with van der Waals surface area (Å²) in [6, 6.07) is 11.6. The van der Waals surface area contributed by atoms with Crippen LogP contribution in [0.3, 0.4) is 0 Å². The van der Waals surface area contributed by atoms with Crippen LogP contribution in [0, 0.1) is 13.8 Å². The van der Waals surface area contributed by atoms with Crippen molar-refractivity contribution in [2.45, 2.75) is 39.7 Å². The molecule has 0 unspecified atom stereocenters. The Hall–Kier alpha value is -3.35. The fourth-order valence-corrected chi connectivity index (χ4v) is 3.28. The number of nitrogens with one attached hydrogen (secondary N) is 1. The van der Waals surface area contributed by atoms with Crippen molar-refractivity contribution in [3.05, 3.63) is 53.3 Å². The van der Waals surface area contributed by atoms with Crippen LogP contribution in [0.1, 0.15) is 36.7 Å². The zero-order valence-corrected chi connectivity index (χ0v) is 18.1. The number of carbonyl (C=O) groups excluding carboxylic acids is 2. The molecule has 7 nitrogen and oxygen atoms in total. The minimum atomic E-state index is -0.927. The molecule has 0 bridgehead atoms. The summed E-state index contributed by atoms with van der Waals surface area (Å²) in [6.45, 7) is 7.01. The smallest absolute Gasteiger partial charge is 0.313 e. The first-order chi connectivity index (χ1) is 14.2. The van der Waals surface area contributed by atoms with Crippen molar-refractivity contribution in [1.29, 1.82) is 0 Å². The van der Waals surface area contributed by atoms with Crippen molar-refractivity contribution in [1.82, 2.24) is 9.78 Å². The number of rotatable bonds is 6. The number of aromatic nitrogens is 2. The molecule has 3 aromatic rings. The van der Waals surface area contributed by atoms with E-state index in [9.17, 15) is 9.59 Å². The van der Waals surface area contributed by atoms with E-state index >= 15 is 0 Å². The maximum absolute atomic E-state index is 12.6. The number of nitrogens with zero attached hydrogens (tertiary/aromatic N) is 2. The third kappa shape index (κ3) is 4.30. The van der Waals surface area contributed by atoms with Gasteiger partial charge in [-0.05, 0) is 56.2 Å². The number of benzene rings is 2. The lowest BCUT2D eigenvalue weighted by atomic mass is 9.98. The second-order valence-corrected chi connectivity index (χ2v) is 7.43. The van der Waals surface area contributed by atoms with Gasteiger partial charge in [-0.25, -0.2) is 0 Å². The summed E-state index contributed by atoms with van der Waals surface area (Å²) in [5.41, 5.74) is 3.01. The molecular weight excluding hydrogens is 382 g/mol. The van der Waals surface area contributed by atoms with Crippen molar-refractivity contribution >= 4 is 28.3 Å². The van der Waals surface area contributed by atoms with Crippen LogP contribution < -0.4 is 10.1 Å². The van der Waals surface area contributed by atoms with Gasteiger partial charge in [0.05, 0.1) is 30.1 Å². The monoisotopic (exact) mass is 409 g/mol. The van der Waals surface area contributed by atoms with Gasteiger partial charge in [-0.2, -0.15) is 5.10 Å². The van der Waals surface area contributed by atoms with Gasteiger partial charge in [0.25, 0.3) is 5.91 Å². The Morgan fingerprint density at radius 2 is 1.73 bits per heavy atom. The van der Waals surface area contributed by atoms with Crippen molar-refractivity contribution in [3.8, 4) is 5.75 Å². The highest BCUT2D eigenvalue weighted by Crippen LogP contribution is 2.26. The third-order valence-electron chi connectivity index (χ3n) is 5.34. The summed E-state index contributed by atoms with van der Waals surface area (Å²) >= 11 is 0. The van der Waals surface area contributed by atoms with E-state index in [4.69, 9.17) is 9.47 Å². The summed E-state index contributed by atoms with van der Waals surface area (Å²) in [5, 5.41) is 9.10. The SMILES string of the molecule is COc1ccc2cc([C@H](C)C(=O)O[C@@H](C)C(=O)Nc3c(C)nn(C)c3C)ccc2c1. The molecule has 1 amide bonds. The summed E-state index contributed by atoms with van der Waals surface area (Å²) in [4.78, 5) is 25.2. The first-order valence-electron chi connectivity index (χ1n) is 9.80. The zero-order valence-electron chi connectivity index (χ0n) is 18.1. The lowest BCUT2D eigenvalue weighted by Gasteiger charge is -2.17. The molecular formula is C23H27N3O4. The van der Waals surface area contributed by atoms with Crippen LogP contribution in [0.2, 0.25) is 0 Å². The van der Waals surface area contributed by atoms with E-state index in [2.05, 4.69) is 10.4 Å². The molecule has 0 fully saturated rings. The molecule has 2 atom stereocenters. The van der Waals surface area contributed by atoms with Gasteiger partial charge in [0.1, 0.15) is 5.75 Å². The maximum Gasteiger partial charge on any atom is 0.313 e. The molecule has 0 radical (unpaired) electrons. The van der Waals surface area contributed by atoms with Crippen LogP contribution in [0.15, 0.2) is 36.4 Å². The van der Waals surface area contributed by atoms with Crippen LogP contribution in [-0.4, -0.2) is 34.9 Å². The highest BCUT2D eigenvalue weighted by Gasteiger charge is 2.24. The molecule has 7 heteroatoms. The predicted molar refractivity (Wildman–Crippen MR) is 116 cm³/mol. The van der Waals surface area contributed by atoms with Gasteiger partial charge in [0, 0.05) is 7.05 Å². The van der Waals surface area contributed by atoms with Gasteiger partial charge in [-0.15, -0.1) is 0 Å². The summed E-state index contributed by atoms with van der Waals surface area (Å²) < 4.78 is 12.4. The number of fused-ring (bicyclic) bond motifs is 1. The second-order valence-electron chi connectivity index (χ2n) is 7.43. The Morgan fingerprint density at radius 3 is 2.37 bits per heavy atom. The maximum atomic E-state index is 12.6. The average molecular weight is 409 g/mol. The van der Waals surface area contributed by atoms with Crippen LogP contribution in [0.5, 0.6) is 5.75 Å². The molecule has 0 spiro atoms. The predicted octanol–water partition coefficient (Wildman–Crippen LogP) is 3.87. The van der Waals surface area contributed by atoms with Crippen molar-refractivity contribution in [2.24, 2.45) is 7.05 Å². The minimum absolute atomic E-state index is 0.389. The Kier molecular flexibility index (Phi) is 6.10. The minimum Gasteiger partial charge on any atom is -0.497 e. The molecule has 0 saturated heterocycles. The Labute approximate surface area is 176 Å². The van der Waals surface area contributed by atoms with E-state index in [0.717, 1.165) is 27.8 Å². The number of aryl methyl sites for hydroxylation is 2. The van der Waals surface area contributed by atoms with Crippen molar-refractivity contribution in [3.63, 3.8) is 0 Å². The second kappa shape index (κ2) is 8.57. The van der Waals surface area contributed by atoms with Gasteiger partial charge in [0.15, 0.2) is 6.10 Å². The number of anilines is 1. The standard InChI is InChI=1S/C23H27N3O4/c1-13(17-7-8-19-12-20(29-6)10-9-18(19)11-17)23(28)30-16(4)22(27)24-21-14(2)25-26(5)15(21)3/h7-13,16H,1-6H3,(H,24,27)/t13-,16-/m0/s1. The van der Waals surface area contributed by atoms with E-state index in [-0.39, 0.29) is 5.91 Å². The fourth-order valence-electron chi connectivity index (χ4n) is 3.28. The Bertz CT molecular complexity index is 1100. The number of amides is 1. The highest BCUT2D eigenvalue weighted by atomic mass is 16.5. The number of esters is 1. The number of ether oxygens (including phenoxy) is 2. The molecule has 0 aliphatic rings. The van der Waals surface area contributed by atoms with Gasteiger partial charge < -0.3 is 14.8 Å². The molecule has 158 valence electrons. The van der Waals surface area contributed by atoms with E-state index in [1.54, 1.807) is 25.6 Å². The van der Waals surface area contributed by atoms with Crippen LogP contribution in [-0.2, 0) is 21.4 Å². The topological polar surface area (TPSA) is 82.4 Å². The molecule has 1 heterocycles. The van der Waals surface area contributed by atoms with Crippen molar-refractivity contribution in [2.75, 3.05) is 12.4 Å². The molecule has 2 aromatic carbocycles. The molecule has 0 aliphatic carbocycles. The van der Waals surface area contributed by atoms with Crippen LogP contribution in [0.4, 0.5) is 5.69 Å². The van der Waals surface area contributed by atoms with E-state index in [1.807, 2.05) is 57.3 Å². The molecule has 3 rings (SSSR count). The zero-order chi connectivity index (χ0) is 22.0. The number of carbonyl (C=O) groups is 2. The van der Waals surface area contributed by atoms with Crippen molar-refractivity contribution < 1.29 is 19.1 Å². The lowest BCUT2D eigenvalue weighted by molar-refractivity contribution is -0.154. The van der Waals surface area contributed by atoms with Crippen LogP contribution in [0.25, 0.3) is 10.8 Å². The van der Waals surface area contributed by atoms with E-state index in [0.29, 0.717) is 11.4 Å². The largest absolute Gasteiger partial charge is 0.497 e. The van der Waals surface area contributed by atoms with E-state index in [1.165, 1.54) is 0 Å². The first kappa shape index (κ1) is 21.4. The van der Waals surface area contributed by atoms with Crippen LogP contribution >= 0.6 is 0 Å². The average Bonchev–Trinajstić information content (AvgIpc) is 2.98. The third-order valence-corrected chi connectivity index (χ3v) is 5.34. The Morgan fingerprint density at radius 1 is 1.07 bits per heavy atom. The summed E-state index contributed by atoms with van der Waals surface area (Å²) in [6.07, 6.45) is -0.927. The molecule has 0 saturated carbocycles. The summed E-state index contributed by atoms with van der Waals surface area (Å²) in [5.74, 6) is -0.569. The quantitative estimate of drug-likeness (QED) is 0.625.